The van der Waals surface area contributed by atoms with Crippen LogP contribution >= 0.6 is 0 Å². The second kappa shape index (κ2) is 10.7. The lowest BCUT2D eigenvalue weighted by Gasteiger charge is -2.12. The van der Waals surface area contributed by atoms with Gasteiger partial charge in [0.2, 0.25) is 0 Å². The van der Waals surface area contributed by atoms with Crippen LogP contribution in [0.2, 0.25) is 0 Å². The molecule has 2 rings (SSSR count). The Bertz CT molecular complexity index is 801. The van der Waals surface area contributed by atoms with E-state index in [0.717, 1.165) is 68.0 Å². The number of pyridine rings is 1. The Morgan fingerprint density at radius 3 is 2.62 bits per heavy atom. The number of unbranched alkanes of at least 4 members (excludes halogenated alkanes) is 5. The van der Waals surface area contributed by atoms with E-state index in [-0.39, 0.29) is 11.2 Å². The van der Waals surface area contributed by atoms with E-state index in [4.69, 9.17) is 0 Å². The number of rotatable bonds is 11. The summed E-state index contributed by atoms with van der Waals surface area (Å²) in [4.78, 5) is 23.9. The zero-order chi connectivity index (χ0) is 18.8. The first-order valence-electron chi connectivity index (χ1n) is 9.90. The van der Waals surface area contributed by atoms with Crippen LogP contribution in [0.5, 0.6) is 0 Å². The number of hydrogen-bond acceptors (Lipinski definition) is 2. The molecule has 0 amide bonds. The number of allylic oxidation sites excluding steroid dienone is 2. The average Bonchev–Trinajstić information content (AvgIpc) is 2.65. The third-order valence-corrected chi connectivity index (χ3v) is 4.87. The minimum absolute atomic E-state index is 0.114. The maximum Gasteiger partial charge on any atom is 0.189 e. The van der Waals surface area contributed by atoms with Crippen LogP contribution < -0.4 is 5.43 Å². The summed E-state index contributed by atoms with van der Waals surface area (Å²) in [6.45, 7) is 2.12. The standard InChI is InChI=1S/C23H31NO2/c1-3-4-8-14-20(25)15-10-7-5-6-9-13-19-18-23(26)21-16-11-12-17-22(21)24(19)2/h8,11-12,14,16-18H,3-7,9-10,13,15H2,1-2H3/b14-8+. The van der Waals surface area contributed by atoms with Gasteiger partial charge in [-0.15, -0.1) is 0 Å². The zero-order valence-corrected chi connectivity index (χ0v) is 16.2. The van der Waals surface area contributed by atoms with E-state index >= 15 is 0 Å². The summed E-state index contributed by atoms with van der Waals surface area (Å²) in [5.74, 6) is 0.254. The van der Waals surface area contributed by atoms with Gasteiger partial charge in [0, 0.05) is 30.6 Å². The molecule has 0 unspecified atom stereocenters. The number of carbonyl (C=O) groups is 1. The first-order chi connectivity index (χ1) is 12.6. The Labute approximate surface area is 156 Å². The molecule has 26 heavy (non-hydrogen) atoms. The van der Waals surface area contributed by atoms with E-state index in [1.807, 2.05) is 37.4 Å². The number of hydrogen-bond donors (Lipinski definition) is 0. The minimum Gasteiger partial charge on any atom is -0.347 e. The van der Waals surface area contributed by atoms with Gasteiger partial charge >= 0.3 is 0 Å². The highest BCUT2D eigenvalue weighted by Gasteiger charge is 2.05. The summed E-state index contributed by atoms with van der Waals surface area (Å²) in [5, 5.41) is 0.788. The SMILES string of the molecule is CCC/C=C/C(=O)CCCCCCCc1cc(=O)c2ccccc2n1C. The molecule has 1 aromatic carbocycles. The summed E-state index contributed by atoms with van der Waals surface area (Å²) in [6, 6.07) is 9.56. The van der Waals surface area contributed by atoms with Crippen molar-refractivity contribution in [2.24, 2.45) is 7.05 Å². The highest BCUT2D eigenvalue weighted by atomic mass is 16.1. The van der Waals surface area contributed by atoms with Crippen molar-refractivity contribution in [3.63, 3.8) is 0 Å². The summed E-state index contributed by atoms with van der Waals surface area (Å²) >= 11 is 0. The molecule has 0 saturated heterocycles. The summed E-state index contributed by atoms with van der Waals surface area (Å²) in [7, 11) is 2.04. The zero-order valence-electron chi connectivity index (χ0n) is 16.2. The summed E-state index contributed by atoms with van der Waals surface area (Å²) in [5.41, 5.74) is 2.22. The Morgan fingerprint density at radius 1 is 1.08 bits per heavy atom. The molecule has 0 radical (unpaired) electrons. The van der Waals surface area contributed by atoms with Crippen LogP contribution in [-0.4, -0.2) is 10.4 Å². The fraction of sp³-hybridized carbons (Fsp3) is 0.478. The minimum atomic E-state index is 0.114. The van der Waals surface area contributed by atoms with Crippen LogP contribution in [0.15, 0.2) is 47.3 Å². The molecule has 0 saturated carbocycles. The summed E-state index contributed by atoms with van der Waals surface area (Å²) in [6.07, 6.45) is 12.8. The van der Waals surface area contributed by atoms with Crippen molar-refractivity contribution < 1.29 is 4.79 Å². The topological polar surface area (TPSA) is 39.1 Å². The van der Waals surface area contributed by atoms with Crippen LogP contribution in [0.1, 0.15) is 64.0 Å². The van der Waals surface area contributed by atoms with Crippen molar-refractivity contribution in [1.29, 1.82) is 0 Å². The molecule has 0 spiro atoms. The Morgan fingerprint density at radius 2 is 1.81 bits per heavy atom. The molecule has 0 bridgehead atoms. The lowest BCUT2D eigenvalue weighted by Crippen LogP contribution is -2.11. The van der Waals surface area contributed by atoms with Gasteiger partial charge in [0.05, 0.1) is 5.52 Å². The highest BCUT2D eigenvalue weighted by Crippen LogP contribution is 2.14. The van der Waals surface area contributed by atoms with E-state index in [0.29, 0.717) is 6.42 Å². The van der Waals surface area contributed by atoms with Gasteiger partial charge in [-0.1, -0.05) is 50.8 Å². The van der Waals surface area contributed by atoms with Gasteiger partial charge in [-0.05, 0) is 43.9 Å². The van der Waals surface area contributed by atoms with Gasteiger partial charge in [-0.25, -0.2) is 0 Å². The lowest BCUT2D eigenvalue weighted by atomic mass is 10.1. The number of aromatic nitrogens is 1. The molecule has 140 valence electrons. The molecule has 3 heteroatoms. The van der Waals surface area contributed by atoms with Gasteiger partial charge in [-0.2, -0.15) is 0 Å². The molecule has 3 nitrogen and oxygen atoms in total. The van der Waals surface area contributed by atoms with Crippen molar-refractivity contribution in [3.8, 4) is 0 Å². The van der Waals surface area contributed by atoms with Crippen LogP contribution in [0.4, 0.5) is 0 Å². The Kier molecular flexibility index (Phi) is 8.33. The summed E-state index contributed by atoms with van der Waals surface area (Å²) < 4.78 is 2.14. The predicted octanol–water partition coefficient (Wildman–Crippen LogP) is 5.35. The number of nitrogens with zero attached hydrogens (tertiary/aromatic N) is 1. The Balaban J connectivity index is 1.71. The average molecular weight is 354 g/mol. The fourth-order valence-electron chi connectivity index (χ4n) is 3.30. The third kappa shape index (κ3) is 5.98. The van der Waals surface area contributed by atoms with Crippen LogP contribution in [0, 0.1) is 0 Å². The van der Waals surface area contributed by atoms with E-state index in [9.17, 15) is 9.59 Å². The maximum absolute atomic E-state index is 12.2. The normalized spacial score (nSPS) is 11.5. The van der Waals surface area contributed by atoms with Crippen molar-refractivity contribution in [2.45, 2.75) is 64.7 Å². The van der Waals surface area contributed by atoms with Gasteiger partial charge in [0.1, 0.15) is 0 Å². The van der Waals surface area contributed by atoms with E-state index in [1.54, 1.807) is 12.1 Å². The van der Waals surface area contributed by atoms with Gasteiger partial charge < -0.3 is 4.57 Å². The lowest BCUT2D eigenvalue weighted by molar-refractivity contribution is -0.114. The molecule has 1 heterocycles. The fourth-order valence-corrected chi connectivity index (χ4v) is 3.30. The first kappa shape index (κ1) is 20.2. The van der Waals surface area contributed by atoms with E-state index < -0.39 is 0 Å². The van der Waals surface area contributed by atoms with E-state index in [2.05, 4.69) is 11.5 Å². The number of fused-ring (bicyclic) bond motifs is 1. The number of benzene rings is 1. The second-order valence-corrected chi connectivity index (χ2v) is 7.00. The van der Waals surface area contributed by atoms with Crippen molar-refractivity contribution in [3.05, 3.63) is 58.4 Å². The number of ketones is 1. The number of carbonyl (C=O) groups excluding carboxylic acids is 1. The van der Waals surface area contributed by atoms with Crippen LogP contribution in [0.25, 0.3) is 10.9 Å². The van der Waals surface area contributed by atoms with Crippen LogP contribution in [0.3, 0.4) is 0 Å². The second-order valence-electron chi connectivity index (χ2n) is 7.00. The molecular formula is C23H31NO2. The van der Waals surface area contributed by atoms with Gasteiger partial charge in [0.25, 0.3) is 0 Å². The third-order valence-electron chi connectivity index (χ3n) is 4.87. The molecule has 2 aromatic rings. The molecule has 0 aliphatic heterocycles. The number of aryl methyl sites for hydroxylation is 2. The van der Waals surface area contributed by atoms with Crippen molar-refractivity contribution >= 4 is 16.7 Å². The maximum atomic E-state index is 12.2. The molecule has 0 aliphatic carbocycles. The van der Waals surface area contributed by atoms with Gasteiger partial charge in [0.15, 0.2) is 11.2 Å². The predicted molar refractivity (Wildman–Crippen MR) is 110 cm³/mol. The molecule has 1 aromatic heterocycles. The Hall–Kier alpha value is -2.16. The highest BCUT2D eigenvalue weighted by molar-refractivity contribution is 5.89. The monoisotopic (exact) mass is 353 g/mol. The molecule has 0 atom stereocenters. The largest absolute Gasteiger partial charge is 0.347 e. The van der Waals surface area contributed by atoms with Crippen molar-refractivity contribution in [1.82, 2.24) is 4.57 Å². The number of para-hydroxylation sites is 1. The van der Waals surface area contributed by atoms with Crippen molar-refractivity contribution in [2.75, 3.05) is 0 Å². The molecule has 0 fully saturated rings. The van der Waals surface area contributed by atoms with Crippen LogP contribution in [-0.2, 0) is 18.3 Å². The molecule has 0 aliphatic rings. The van der Waals surface area contributed by atoms with Gasteiger partial charge in [-0.3, -0.25) is 9.59 Å². The molecule has 0 N–H and O–H groups in total. The quantitative estimate of drug-likeness (QED) is 0.404. The smallest absolute Gasteiger partial charge is 0.189 e. The first-order valence-corrected chi connectivity index (χ1v) is 9.90. The van der Waals surface area contributed by atoms with E-state index in [1.165, 1.54) is 0 Å². The molecular weight excluding hydrogens is 322 g/mol.